The van der Waals surface area contributed by atoms with Gasteiger partial charge in [-0.2, -0.15) is 0 Å². The third-order valence-electron chi connectivity index (χ3n) is 2.73. The highest BCUT2D eigenvalue weighted by atomic mass is 32.2. The first-order chi connectivity index (χ1) is 7.38. The number of nitrogens with two attached hydrogens (primary N) is 1. The van der Waals surface area contributed by atoms with Crippen LogP contribution < -0.4 is 10.5 Å². The molecule has 94 valence electrons. The lowest BCUT2D eigenvalue weighted by molar-refractivity contribution is 0.174. The van der Waals surface area contributed by atoms with Crippen LogP contribution in [0.2, 0.25) is 0 Å². The van der Waals surface area contributed by atoms with Crippen molar-refractivity contribution in [3.8, 4) is 0 Å². The fourth-order valence-corrected chi connectivity index (χ4v) is 2.01. The van der Waals surface area contributed by atoms with Gasteiger partial charge in [-0.25, -0.2) is 18.4 Å². The first kappa shape index (κ1) is 13.2. The van der Waals surface area contributed by atoms with Gasteiger partial charge in [0.25, 0.3) is 0 Å². The van der Waals surface area contributed by atoms with Crippen LogP contribution in [0.3, 0.4) is 0 Å². The second kappa shape index (κ2) is 5.49. The number of sulfonamides is 1. The molecule has 0 aromatic heterocycles. The van der Waals surface area contributed by atoms with Crippen LogP contribution >= 0.6 is 0 Å². The molecule has 0 aliphatic carbocycles. The number of nitrogens with zero attached hydrogens (tertiary/aromatic N) is 1. The molecular weight excluding hydrogens is 230 g/mol. The third kappa shape index (κ3) is 4.80. The number of carbonyl (C=O) groups is 1. The van der Waals surface area contributed by atoms with E-state index in [1.807, 2.05) is 0 Å². The van der Waals surface area contributed by atoms with Crippen molar-refractivity contribution in [3.63, 3.8) is 0 Å². The van der Waals surface area contributed by atoms with Gasteiger partial charge in [0.1, 0.15) is 0 Å². The fourth-order valence-electron chi connectivity index (χ4n) is 1.62. The highest BCUT2D eigenvalue weighted by molar-refractivity contribution is 7.89. The minimum atomic E-state index is -3.49. The molecule has 0 unspecified atom stereocenters. The molecule has 7 heteroatoms. The predicted molar refractivity (Wildman–Crippen MR) is 61.3 cm³/mol. The van der Waals surface area contributed by atoms with Gasteiger partial charge in [-0.3, -0.25) is 0 Å². The Kier molecular flexibility index (Phi) is 4.55. The normalized spacial score (nSPS) is 18.5. The molecule has 0 spiro atoms. The average Bonchev–Trinajstić information content (AvgIpc) is 2.16. The summed E-state index contributed by atoms with van der Waals surface area (Å²) in [7, 11) is -3.49. The van der Waals surface area contributed by atoms with Crippen molar-refractivity contribution in [2.24, 2.45) is 11.1 Å². The molecule has 6 nitrogen and oxygen atoms in total. The molecule has 1 rings (SSSR count). The SMILES string of the molecule is CC1CCN(C(=O)NCCS(N)(=O)=O)CC1. The molecule has 2 amide bonds. The van der Waals surface area contributed by atoms with E-state index in [9.17, 15) is 13.2 Å². The van der Waals surface area contributed by atoms with Crippen molar-refractivity contribution in [1.82, 2.24) is 10.2 Å². The number of hydrogen-bond donors (Lipinski definition) is 2. The summed E-state index contributed by atoms with van der Waals surface area (Å²) < 4.78 is 21.3. The van der Waals surface area contributed by atoms with E-state index in [2.05, 4.69) is 12.2 Å². The quantitative estimate of drug-likeness (QED) is 0.720. The molecule has 1 heterocycles. The summed E-state index contributed by atoms with van der Waals surface area (Å²) >= 11 is 0. The number of amides is 2. The number of rotatable bonds is 3. The van der Waals surface area contributed by atoms with E-state index in [1.165, 1.54) is 0 Å². The van der Waals surface area contributed by atoms with Crippen molar-refractivity contribution in [2.75, 3.05) is 25.4 Å². The fraction of sp³-hybridized carbons (Fsp3) is 0.889. The lowest BCUT2D eigenvalue weighted by atomic mass is 10.00. The van der Waals surface area contributed by atoms with Crippen LogP contribution in [-0.4, -0.2) is 44.7 Å². The molecule has 1 aliphatic heterocycles. The first-order valence-corrected chi connectivity index (χ1v) is 7.13. The monoisotopic (exact) mass is 249 g/mol. The highest BCUT2D eigenvalue weighted by Gasteiger charge is 2.19. The van der Waals surface area contributed by atoms with Gasteiger partial charge >= 0.3 is 6.03 Å². The van der Waals surface area contributed by atoms with E-state index >= 15 is 0 Å². The van der Waals surface area contributed by atoms with Crippen molar-refractivity contribution < 1.29 is 13.2 Å². The standard InChI is InChI=1S/C9H19N3O3S/c1-8-2-5-12(6-3-8)9(13)11-4-7-16(10,14)15/h8H,2-7H2,1H3,(H,11,13)(H2,10,14,15). The zero-order valence-corrected chi connectivity index (χ0v) is 10.3. The maximum Gasteiger partial charge on any atom is 0.317 e. The lowest BCUT2D eigenvalue weighted by Gasteiger charge is -2.30. The minimum absolute atomic E-state index is 0.0731. The van der Waals surface area contributed by atoms with Crippen molar-refractivity contribution in [2.45, 2.75) is 19.8 Å². The Hall–Kier alpha value is -0.820. The second-order valence-electron chi connectivity index (χ2n) is 4.27. The maximum absolute atomic E-state index is 11.6. The molecule has 1 fully saturated rings. The van der Waals surface area contributed by atoms with Crippen LogP contribution in [0.4, 0.5) is 4.79 Å². The molecule has 0 atom stereocenters. The van der Waals surface area contributed by atoms with E-state index in [4.69, 9.17) is 5.14 Å². The molecule has 16 heavy (non-hydrogen) atoms. The zero-order chi connectivity index (χ0) is 12.2. The zero-order valence-electron chi connectivity index (χ0n) is 9.48. The number of hydrogen-bond acceptors (Lipinski definition) is 3. The van der Waals surface area contributed by atoms with Gasteiger partial charge in [0.15, 0.2) is 0 Å². The molecule has 0 radical (unpaired) electrons. The predicted octanol–water partition coefficient (Wildman–Crippen LogP) is -0.284. The Bertz CT molecular complexity index is 334. The van der Waals surface area contributed by atoms with Crippen LogP contribution in [0.15, 0.2) is 0 Å². The lowest BCUT2D eigenvalue weighted by Crippen LogP contribution is -2.45. The van der Waals surface area contributed by atoms with Crippen LogP contribution in [0.1, 0.15) is 19.8 Å². The van der Waals surface area contributed by atoms with E-state index in [1.54, 1.807) is 4.90 Å². The maximum atomic E-state index is 11.6. The van der Waals surface area contributed by atoms with Crippen molar-refractivity contribution >= 4 is 16.1 Å². The highest BCUT2D eigenvalue weighted by Crippen LogP contribution is 2.15. The van der Waals surface area contributed by atoms with Gasteiger partial charge in [-0.15, -0.1) is 0 Å². The number of primary sulfonamides is 1. The summed E-state index contributed by atoms with van der Waals surface area (Å²) in [6.07, 6.45) is 2.01. The van der Waals surface area contributed by atoms with Gasteiger partial charge in [-0.05, 0) is 18.8 Å². The first-order valence-electron chi connectivity index (χ1n) is 5.42. The van der Waals surface area contributed by atoms with Gasteiger partial charge in [0.2, 0.25) is 10.0 Å². The summed E-state index contributed by atoms with van der Waals surface area (Å²) in [6, 6.07) is -0.199. The third-order valence-corrected chi connectivity index (χ3v) is 3.51. The number of piperidine rings is 1. The van der Waals surface area contributed by atoms with Crippen LogP contribution in [0, 0.1) is 5.92 Å². The molecule has 0 aromatic rings. The van der Waals surface area contributed by atoms with Crippen LogP contribution in [0.25, 0.3) is 0 Å². The molecule has 1 aliphatic rings. The van der Waals surface area contributed by atoms with Gasteiger partial charge in [0.05, 0.1) is 5.75 Å². The summed E-state index contributed by atoms with van der Waals surface area (Å²) in [5.41, 5.74) is 0. The summed E-state index contributed by atoms with van der Waals surface area (Å²) in [5, 5.41) is 7.38. The number of urea groups is 1. The van der Waals surface area contributed by atoms with Gasteiger partial charge in [0, 0.05) is 19.6 Å². The van der Waals surface area contributed by atoms with Crippen molar-refractivity contribution in [3.05, 3.63) is 0 Å². The summed E-state index contributed by atoms with van der Waals surface area (Å²) in [5.74, 6) is 0.441. The number of carbonyl (C=O) groups excluding carboxylic acids is 1. The molecule has 0 aromatic carbocycles. The average molecular weight is 249 g/mol. The minimum Gasteiger partial charge on any atom is -0.337 e. The van der Waals surface area contributed by atoms with E-state index in [0.29, 0.717) is 5.92 Å². The topological polar surface area (TPSA) is 92.5 Å². The van der Waals surface area contributed by atoms with Gasteiger partial charge < -0.3 is 10.2 Å². The Morgan fingerprint density at radius 3 is 2.50 bits per heavy atom. The smallest absolute Gasteiger partial charge is 0.317 e. The molecule has 3 N–H and O–H groups in total. The molecular formula is C9H19N3O3S. The molecule has 0 saturated carbocycles. The Balaban J connectivity index is 2.25. The molecule has 1 saturated heterocycles. The van der Waals surface area contributed by atoms with Crippen LogP contribution in [-0.2, 0) is 10.0 Å². The summed E-state index contributed by atoms with van der Waals surface area (Å²) in [4.78, 5) is 13.3. The van der Waals surface area contributed by atoms with E-state index in [-0.39, 0.29) is 18.3 Å². The molecule has 0 bridgehead atoms. The van der Waals surface area contributed by atoms with Gasteiger partial charge in [-0.1, -0.05) is 6.92 Å². The van der Waals surface area contributed by atoms with E-state index in [0.717, 1.165) is 25.9 Å². The number of likely N-dealkylation sites (tertiary alicyclic amines) is 1. The van der Waals surface area contributed by atoms with E-state index < -0.39 is 10.0 Å². The largest absolute Gasteiger partial charge is 0.337 e. The number of nitrogens with one attached hydrogen (secondary N) is 1. The summed E-state index contributed by atoms with van der Waals surface area (Å²) in [6.45, 7) is 3.71. The van der Waals surface area contributed by atoms with Crippen LogP contribution in [0.5, 0.6) is 0 Å². The van der Waals surface area contributed by atoms with Crippen molar-refractivity contribution in [1.29, 1.82) is 0 Å². The Labute approximate surface area is 96.2 Å². The Morgan fingerprint density at radius 1 is 1.44 bits per heavy atom. The Morgan fingerprint density at radius 2 is 2.00 bits per heavy atom. The second-order valence-corrected chi connectivity index (χ2v) is 6.00.